The molecule has 0 amide bonds. The lowest BCUT2D eigenvalue weighted by Crippen LogP contribution is -2.39. The number of rotatable bonds is 10. The van der Waals surface area contributed by atoms with Crippen molar-refractivity contribution >= 4 is 40.0 Å². The van der Waals surface area contributed by atoms with E-state index < -0.39 is 10.0 Å². The van der Waals surface area contributed by atoms with E-state index in [0.29, 0.717) is 19.5 Å². The van der Waals surface area contributed by atoms with Gasteiger partial charge in [0.1, 0.15) is 0 Å². The van der Waals surface area contributed by atoms with Crippen molar-refractivity contribution in [3.05, 3.63) is 35.9 Å². The van der Waals surface area contributed by atoms with E-state index in [9.17, 15) is 8.42 Å². The topological polar surface area (TPSA) is 82.6 Å². The van der Waals surface area contributed by atoms with Gasteiger partial charge >= 0.3 is 0 Å². The molecule has 0 spiro atoms. The fourth-order valence-electron chi connectivity index (χ4n) is 2.68. The highest BCUT2D eigenvalue weighted by molar-refractivity contribution is 14.0. The molecule has 0 aliphatic heterocycles. The van der Waals surface area contributed by atoms with Crippen molar-refractivity contribution in [1.82, 2.24) is 15.4 Å². The van der Waals surface area contributed by atoms with Crippen LogP contribution in [0, 0.1) is 0 Å². The molecular weight excluding hydrogens is 463 g/mol. The SMILES string of the molecule is CCNC(=NCC1(c2ccccc2)CC1)NCCCNS(=O)(=O)CC.I. The lowest BCUT2D eigenvalue weighted by Gasteiger charge is -2.16. The maximum absolute atomic E-state index is 11.4. The van der Waals surface area contributed by atoms with Crippen LogP contribution in [0.1, 0.15) is 38.7 Å². The molecule has 1 aliphatic carbocycles. The highest BCUT2D eigenvalue weighted by atomic mass is 127. The number of hydrogen-bond donors (Lipinski definition) is 3. The molecule has 26 heavy (non-hydrogen) atoms. The molecule has 0 unspecified atom stereocenters. The quantitative estimate of drug-likeness (QED) is 0.202. The Bertz CT molecular complexity index is 661. The standard InChI is InChI=1S/C18H30N4O2S.HI/c1-3-19-17(20-13-8-14-22-25(23,24)4-2)21-15-18(11-12-18)16-9-6-5-7-10-16;/h5-7,9-10,22H,3-4,8,11-15H2,1-2H3,(H2,19,20,21);1H. The maximum Gasteiger partial charge on any atom is 0.211 e. The molecule has 0 saturated heterocycles. The summed E-state index contributed by atoms with van der Waals surface area (Å²) in [5, 5.41) is 6.53. The molecule has 1 aromatic rings. The number of hydrogen-bond acceptors (Lipinski definition) is 3. The number of aliphatic imine (C=N–C) groups is 1. The predicted octanol–water partition coefficient (Wildman–Crippen LogP) is 2.22. The summed E-state index contributed by atoms with van der Waals surface area (Å²) < 4.78 is 25.3. The van der Waals surface area contributed by atoms with E-state index in [1.807, 2.05) is 13.0 Å². The number of sulfonamides is 1. The molecule has 0 bridgehead atoms. The molecule has 148 valence electrons. The monoisotopic (exact) mass is 494 g/mol. The van der Waals surface area contributed by atoms with Gasteiger partial charge in [-0.2, -0.15) is 0 Å². The van der Waals surface area contributed by atoms with Crippen LogP contribution in [0.3, 0.4) is 0 Å². The first-order chi connectivity index (χ1) is 12.0. The van der Waals surface area contributed by atoms with Gasteiger partial charge in [-0.3, -0.25) is 4.99 Å². The van der Waals surface area contributed by atoms with Crippen LogP contribution in [0.4, 0.5) is 0 Å². The molecule has 2 rings (SSSR count). The molecule has 1 aromatic carbocycles. The number of benzene rings is 1. The van der Waals surface area contributed by atoms with Crippen molar-refractivity contribution in [2.45, 2.75) is 38.5 Å². The fourth-order valence-corrected chi connectivity index (χ4v) is 3.34. The second kappa shape index (κ2) is 11.1. The van der Waals surface area contributed by atoms with E-state index in [0.717, 1.165) is 19.0 Å². The molecule has 8 heteroatoms. The minimum absolute atomic E-state index is 0. The Balaban J connectivity index is 0.00000338. The van der Waals surface area contributed by atoms with E-state index >= 15 is 0 Å². The fraction of sp³-hybridized carbons (Fsp3) is 0.611. The largest absolute Gasteiger partial charge is 0.357 e. The minimum Gasteiger partial charge on any atom is -0.357 e. The zero-order chi connectivity index (χ0) is 18.2. The van der Waals surface area contributed by atoms with E-state index in [2.05, 4.69) is 39.6 Å². The highest BCUT2D eigenvalue weighted by Crippen LogP contribution is 2.48. The van der Waals surface area contributed by atoms with Gasteiger partial charge in [-0.1, -0.05) is 30.3 Å². The minimum atomic E-state index is -3.11. The molecule has 0 atom stereocenters. The Kier molecular flexibility index (Phi) is 9.88. The van der Waals surface area contributed by atoms with Crippen LogP contribution in [-0.2, 0) is 15.4 Å². The zero-order valence-corrected chi connectivity index (χ0v) is 18.8. The second-order valence-electron chi connectivity index (χ2n) is 6.42. The molecule has 6 nitrogen and oxygen atoms in total. The van der Waals surface area contributed by atoms with Gasteiger partial charge in [0.2, 0.25) is 10.0 Å². The van der Waals surface area contributed by atoms with Crippen LogP contribution >= 0.6 is 24.0 Å². The van der Waals surface area contributed by atoms with Crippen LogP contribution < -0.4 is 15.4 Å². The average molecular weight is 494 g/mol. The van der Waals surface area contributed by atoms with Crippen LogP contribution in [0.25, 0.3) is 0 Å². The molecule has 0 aromatic heterocycles. The third-order valence-corrected chi connectivity index (χ3v) is 5.88. The van der Waals surface area contributed by atoms with Gasteiger partial charge in [0.05, 0.1) is 12.3 Å². The molecular formula is C18H31IN4O2S. The van der Waals surface area contributed by atoms with Gasteiger partial charge in [-0.15, -0.1) is 24.0 Å². The smallest absolute Gasteiger partial charge is 0.211 e. The molecule has 1 fully saturated rings. The maximum atomic E-state index is 11.4. The summed E-state index contributed by atoms with van der Waals surface area (Å²) >= 11 is 0. The van der Waals surface area contributed by atoms with Crippen LogP contribution in [0.5, 0.6) is 0 Å². The second-order valence-corrected chi connectivity index (χ2v) is 8.52. The van der Waals surface area contributed by atoms with E-state index in [1.165, 1.54) is 18.4 Å². The Morgan fingerprint density at radius 1 is 1.12 bits per heavy atom. The Hall–Kier alpha value is -0.870. The summed E-state index contributed by atoms with van der Waals surface area (Å²) in [5.74, 6) is 0.912. The van der Waals surface area contributed by atoms with Gasteiger partial charge in [-0.25, -0.2) is 13.1 Å². The molecule has 0 radical (unpaired) electrons. The lowest BCUT2D eigenvalue weighted by molar-refractivity contribution is 0.579. The third-order valence-electron chi connectivity index (χ3n) is 4.47. The van der Waals surface area contributed by atoms with Crippen LogP contribution in [-0.4, -0.2) is 46.3 Å². The first-order valence-corrected chi connectivity index (χ1v) is 10.7. The van der Waals surface area contributed by atoms with E-state index in [-0.39, 0.29) is 35.1 Å². The predicted molar refractivity (Wildman–Crippen MR) is 119 cm³/mol. The number of guanidine groups is 1. The summed E-state index contributed by atoms with van der Waals surface area (Å²) in [6, 6.07) is 10.6. The van der Waals surface area contributed by atoms with Gasteiger partial charge in [-0.05, 0) is 38.7 Å². The Labute approximate surface area is 174 Å². The summed E-state index contributed by atoms with van der Waals surface area (Å²) in [6.45, 7) is 6.36. The summed E-state index contributed by atoms with van der Waals surface area (Å²) in [6.07, 6.45) is 3.07. The average Bonchev–Trinajstić information content (AvgIpc) is 3.41. The summed E-state index contributed by atoms with van der Waals surface area (Å²) in [4.78, 5) is 4.74. The Morgan fingerprint density at radius 2 is 1.81 bits per heavy atom. The summed E-state index contributed by atoms with van der Waals surface area (Å²) in [7, 11) is -3.11. The van der Waals surface area contributed by atoms with Gasteiger partial charge < -0.3 is 10.6 Å². The molecule has 1 saturated carbocycles. The van der Waals surface area contributed by atoms with Crippen LogP contribution in [0.2, 0.25) is 0 Å². The number of halogens is 1. The first-order valence-electron chi connectivity index (χ1n) is 9.06. The van der Waals surface area contributed by atoms with Gasteiger partial charge in [0, 0.05) is 25.0 Å². The molecule has 0 heterocycles. The molecule has 3 N–H and O–H groups in total. The normalized spacial score (nSPS) is 15.8. The van der Waals surface area contributed by atoms with Crippen molar-refractivity contribution in [3.63, 3.8) is 0 Å². The van der Waals surface area contributed by atoms with Crippen molar-refractivity contribution < 1.29 is 8.42 Å². The molecule has 1 aliphatic rings. The van der Waals surface area contributed by atoms with Crippen molar-refractivity contribution in [2.75, 3.05) is 31.9 Å². The van der Waals surface area contributed by atoms with Crippen molar-refractivity contribution in [2.24, 2.45) is 4.99 Å². The third kappa shape index (κ3) is 7.40. The lowest BCUT2D eigenvalue weighted by atomic mass is 9.96. The highest BCUT2D eigenvalue weighted by Gasteiger charge is 2.43. The van der Waals surface area contributed by atoms with Gasteiger partial charge in [0.15, 0.2) is 5.96 Å². The van der Waals surface area contributed by atoms with Crippen molar-refractivity contribution in [1.29, 1.82) is 0 Å². The van der Waals surface area contributed by atoms with Gasteiger partial charge in [0.25, 0.3) is 0 Å². The summed E-state index contributed by atoms with van der Waals surface area (Å²) in [5.41, 5.74) is 1.56. The van der Waals surface area contributed by atoms with E-state index in [1.54, 1.807) is 6.92 Å². The zero-order valence-electron chi connectivity index (χ0n) is 15.6. The van der Waals surface area contributed by atoms with Crippen molar-refractivity contribution in [3.8, 4) is 0 Å². The number of nitrogens with one attached hydrogen (secondary N) is 3. The van der Waals surface area contributed by atoms with E-state index in [4.69, 9.17) is 4.99 Å². The van der Waals surface area contributed by atoms with Crippen LogP contribution in [0.15, 0.2) is 35.3 Å². The first kappa shape index (κ1) is 23.2. The number of nitrogens with zero attached hydrogens (tertiary/aromatic N) is 1. The Morgan fingerprint density at radius 3 is 2.38 bits per heavy atom.